The molecule has 3 aromatic carbocycles. The third-order valence-electron chi connectivity index (χ3n) is 7.36. The Morgan fingerprint density at radius 1 is 1.02 bits per heavy atom. The highest BCUT2D eigenvalue weighted by molar-refractivity contribution is 5.55. The van der Waals surface area contributed by atoms with Crippen LogP contribution in [0.25, 0.3) is 17.1 Å². The van der Waals surface area contributed by atoms with Gasteiger partial charge in [0.05, 0.1) is 11.4 Å². The summed E-state index contributed by atoms with van der Waals surface area (Å²) in [4.78, 5) is 13.7. The number of hydrogen-bond donors (Lipinski definition) is 1. The standard InChI is InChI=1S/C30H20F6N4O6/c31-20-10-7-17(13-23(20)42-14-15-4-11-21-24(12-15)45-30(35,36)44-21)40-25-19(26(38-40)29(32,33)34)2-1-3-22(25)43-18-8-5-16(6-9-18)27-37-28(41)46-39-27/h4-13,22H,1-3,14H2,(H,37,39,41). The Hall–Kier alpha value is -5.41. The molecule has 0 fully saturated rings. The number of halogens is 6. The smallest absolute Gasteiger partial charge is 0.486 e. The second-order valence-electron chi connectivity index (χ2n) is 10.4. The van der Waals surface area contributed by atoms with Crippen LogP contribution < -0.4 is 24.7 Å². The monoisotopic (exact) mass is 646 g/mol. The van der Waals surface area contributed by atoms with E-state index in [9.17, 15) is 31.1 Å². The van der Waals surface area contributed by atoms with Gasteiger partial charge in [0.25, 0.3) is 0 Å². The van der Waals surface area contributed by atoms with Crippen molar-refractivity contribution in [2.45, 2.75) is 44.4 Å². The number of benzene rings is 3. The van der Waals surface area contributed by atoms with Crippen LogP contribution >= 0.6 is 0 Å². The summed E-state index contributed by atoms with van der Waals surface area (Å²) in [6.45, 7) is -0.280. The number of aromatic nitrogens is 4. The van der Waals surface area contributed by atoms with Crippen LogP contribution in [0, 0.1) is 5.82 Å². The Balaban J connectivity index is 1.18. The second kappa shape index (κ2) is 10.9. The summed E-state index contributed by atoms with van der Waals surface area (Å²) in [5, 5.41) is 7.52. The van der Waals surface area contributed by atoms with Crippen molar-refractivity contribution in [3.63, 3.8) is 0 Å². The van der Waals surface area contributed by atoms with Gasteiger partial charge in [-0.25, -0.2) is 13.9 Å². The normalized spacial score (nSPS) is 16.7. The van der Waals surface area contributed by atoms with E-state index in [0.717, 1.165) is 10.7 Å². The van der Waals surface area contributed by atoms with Gasteiger partial charge in [0.1, 0.15) is 18.5 Å². The van der Waals surface area contributed by atoms with Crippen LogP contribution in [0.2, 0.25) is 0 Å². The number of alkyl halides is 5. The Kier molecular flexibility index (Phi) is 6.94. The van der Waals surface area contributed by atoms with Gasteiger partial charge in [-0.2, -0.15) is 18.3 Å². The van der Waals surface area contributed by atoms with Gasteiger partial charge in [-0.1, -0.05) is 11.2 Å². The Labute approximate surface area is 254 Å². The number of rotatable bonds is 7. The van der Waals surface area contributed by atoms with Crippen LogP contribution in [0.4, 0.5) is 26.3 Å². The van der Waals surface area contributed by atoms with Gasteiger partial charge >= 0.3 is 18.2 Å². The van der Waals surface area contributed by atoms with Gasteiger partial charge in [0.15, 0.2) is 34.6 Å². The fraction of sp³-hybridized carbons (Fsp3) is 0.233. The summed E-state index contributed by atoms with van der Waals surface area (Å²) in [6, 6.07) is 13.7. The largest absolute Gasteiger partial charge is 0.586 e. The summed E-state index contributed by atoms with van der Waals surface area (Å²) in [5.74, 6) is -1.73. The fourth-order valence-corrected chi connectivity index (χ4v) is 5.37. The topological polar surface area (TPSA) is 114 Å². The molecule has 2 aromatic heterocycles. The molecule has 5 aromatic rings. The average molecular weight is 647 g/mol. The van der Waals surface area contributed by atoms with E-state index >= 15 is 0 Å². The number of fused-ring (bicyclic) bond motifs is 2. The average Bonchev–Trinajstić information content (AvgIpc) is 3.71. The van der Waals surface area contributed by atoms with E-state index in [1.807, 2.05) is 0 Å². The molecule has 1 unspecified atom stereocenters. The zero-order valence-corrected chi connectivity index (χ0v) is 23.2. The minimum Gasteiger partial charge on any atom is -0.486 e. The first-order chi connectivity index (χ1) is 21.9. The lowest BCUT2D eigenvalue weighted by Crippen LogP contribution is -2.25. The lowest BCUT2D eigenvalue weighted by Gasteiger charge is -2.26. The van der Waals surface area contributed by atoms with Gasteiger partial charge in [0.2, 0.25) is 0 Å². The lowest BCUT2D eigenvalue weighted by atomic mass is 9.93. The number of ether oxygens (including phenoxy) is 4. The molecule has 0 saturated carbocycles. The van der Waals surface area contributed by atoms with E-state index < -0.39 is 35.8 Å². The van der Waals surface area contributed by atoms with E-state index in [0.29, 0.717) is 29.7 Å². The van der Waals surface area contributed by atoms with Crippen LogP contribution in [0.3, 0.4) is 0 Å². The molecular formula is C30H20F6N4O6. The van der Waals surface area contributed by atoms with E-state index in [2.05, 4.69) is 29.2 Å². The van der Waals surface area contributed by atoms with Crippen LogP contribution in [0.15, 0.2) is 70.0 Å². The maximum Gasteiger partial charge on any atom is 0.586 e. The van der Waals surface area contributed by atoms with Crippen molar-refractivity contribution in [1.82, 2.24) is 19.9 Å². The molecule has 1 aliphatic heterocycles. The molecule has 0 saturated heterocycles. The van der Waals surface area contributed by atoms with Crippen molar-refractivity contribution >= 4 is 0 Å². The summed E-state index contributed by atoms with van der Waals surface area (Å²) in [5.41, 5.74) is -0.0267. The molecule has 2 aliphatic rings. The van der Waals surface area contributed by atoms with Crippen molar-refractivity contribution in [3.05, 3.63) is 99.5 Å². The Morgan fingerprint density at radius 2 is 1.80 bits per heavy atom. The molecule has 0 spiro atoms. The summed E-state index contributed by atoms with van der Waals surface area (Å²) < 4.78 is 110. The van der Waals surface area contributed by atoms with Crippen molar-refractivity contribution in [3.8, 4) is 40.1 Å². The highest BCUT2D eigenvalue weighted by Crippen LogP contribution is 2.43. The first kappa shape index (κ1) is 29.3. The number of nitrogens with one attached hydrogen (secondary N) is 1. The first-order valence-corrected chi connectivity index (χ1v) is 13.8. The predicted molar refractivity (Wildman–Crippen MR) is 144 cm³/mol. The summed E-state index contributed by atoms with van der Waals surface area (Å²) in [7, 11) is 0. The van der Waals surface area contributed by atoms with Crippen molar-refractivity contribution in [1.29, 1.82) is 0 Å². The zero-order chi connectivity index (χ0) is 32.2. The number of H-pyrrole nitrogens is 1. The van der Waals surface area contributed by atoms with Gasteiger partial charge in [-0.15, -0.1) is 8.78 Å². The predicted octanol–water partition coefficient (Wildman–Crippen LogP) is 6.73. The quantitative estimate of drug-likeness (QED) is 0.194. The minimum absolute atomic E-state index is 0.0375. The third kappa shape index (κ3) is 5.61. The minimum atomic E-state index is -4.77. The lowest BCUT2D eigenvalue weighted by molar-refractivity contribution is -0.286. The molecule has 1 N–H and O–H groups in total. The zero-order valence-electron chi connectivity index (χ0n) is 23.2. The highest BCUT2D eigenvalue weighted by atomic mass is 19.4. The fourth-order valence-electron chi connectivity index (χ4n) is 5.37. The molecule has 10 nitrogen and oxygen atoms in total. The molecule has 1 aliphatic carbocycles. The second-order valence-corrected chi connectivity index (χ2v) is 10.4. The van der Waals surface area contributed by atoms with E-state index in [-0.39, 0.29) is 53.0 Å². The van der Waals surface area contributed by atoms with E-state index in [1.54, 1.807) is 24.3 Å². The molecular weight excluding hydrogens is 626 g/mol. The maximum absolute atomic E-state index is 14.8. The molecule has 0 amide bonds. The number of nitrogens with zero attached hydrogens (tertiary/aromatic N) is 3. The van der Waals surface area contributed by atoms with Gasteiger partial charge < -0.3 is 18.9 Å². The SMILES string of the molecule is O=c1[nH]c(-c2ccc(OC3CCCc4c(C(F)(F)F)nn(-c5ccc(F)c(OCc6ccc7c(c6)OC(F)(F)O7)c5)c43)cc2)no1. The molecule has 46 heavy (non-hydrogen) atoms. The van der Waals surface area contributed by atoms with Gasteiger partial charge in [-0.3, -0.25) is 9.51 Å². The molecule has 238 valence electrons. The molecule has 7 rings (SSSR count). The summed E-state index contributed by atoms with van der Waals surface area (Å²) in [6.07, 6.45) is -8.60. The van der Waals surface area contributed by atoms with Crippen LogP contribution in [-0.4, -0.2) is 26.2 Å². The van der Waals surface area contributed by atoms with E-state index in [4.69, 9.17) is 9.47 Å². The van der Waals surface area contributed by atoms with Crippen molar-refractivity contribution < 1.29 is 49.8 Å². The van der Waals surface area contributed by atoms with Crippen molar-refractivity contribution in [2.75, 3.05) is 0 Å². The third-order valence-corrected chi connectivity index (χ3v) is 7.36. The number of hydrogen-bond acceptors (Lipinski definition) is 8. The van der Waals surface area contributed by atoms with Crippen LogP contribution in [0.1, 0.15) is 41.5 Å². The Morgan fingerprint density at radius 3 is 2.54 bits per heavy atom. The molecule has 0 radical (unpaired) electrons. The molecule has 3 heterocycles. The van der Waals surface area contributed by atoms with Gasteiger partial charge in [0, 0.05) is 17.2 Å². The maximum atomic E-state index is 14.8. The van der Waals surface area contributed by atoms with Gasteiger partial charge in [-0.05, 0) is 73.4 Å². The summed E-state index contributed by atoms with van der Waals surface area (Å²) >= 11 is 0. The molecule has 1 atom stereocenters. The number of aromatic amines is 1. The van der Waals surface area contributed by atoms with Crippen LogP contribution in [-0.2, 0) is 19.2 Å². The molecule has 0 bridgehead atoms. The van der Waals surface area contributed by atoms with E-state index in [1.165, 1.54) is 30.3 Å². The Bertz CT molecular complexity index is 1990. The molecule has 16 heteroatoms. The van der Waals surface area contributed by atoms with Crippen LogP contribution in [0.5, 0.6) is 23.0 Å². The highest BCUT2D eigenvalue weighted by Gasteiger charge is 2.44. The van der Waals surface area contributed by atoms with Crippen molar-refractivity contribution in [2.24, 2.45) is 0 Å². The first-order valence-electron chi connectivity index (χ1n) is 13.8.